The van der Waals surface area contributed by atoms with Crippen molar-refractivity contribution in [3.8, 4) is 0 Å². The van der Waals surface area contributed by atoms with Gasteiger partial charge in [0, 0.05) is 25.2 Å². The summed E-state index contributed by atoms with van der Waals surface area (Å²) < 4.78 is 0. The van der Waals surface area contributed by atoms with Gasteiger partial charge in [0.05, 0.1) is 0 Å². The molecule has 0 amide bonds. The van der Waals surface area contributed by atoms with Crippen molar-refractivity contribution in [3.63, 3.8) is 0 Å². The van der Waals surface area contributed by atoms with Gasteiger partial charge in [0.1, 0.15) is 11.6 Å². The Morgan fingerprint density at radius 1 is 0.439 bits per heavy atom. The minimum Gasteiger partial charge on any atom is -0.299 e. The number of carbonyl (C=O) groups is 2. The van der Waals surface area contributed by atoms with Crippen LogP contribution in [0, 0.1) is 12.3 Å². The molecule has 239 valence electrons. The molecule has 1 radical (unpaired) electrons. The Balaban J connectivity index is 3.49. The van der Waals surface area contributed by atoms with Gasteiger partial charge in [0.15, 0.2) is 0 Å². The number of Topliss-reactive ketones (excluding diaryl/α,β-unsaturated/α-hetero) is 2. The first-order chi connectivity index (χ1) is 20.1. The van der Waals surface area contributed by atoms with Crippen molar-refractivity contribution in [1.29, 1.82) is 0 Å². The Kier molecular flexibility index (Phi) is 32.4. The Bertz CT molecular complexity index is 617. The van der Waals surface area contributed by atoms with E-state index in [2.05, 4.69) is 38.2 Å². The van der Waals surface area contributed by atoms with Gasteiger partial charge in [-0.15, -0.1) is 0 Å². The maximum atomic E-state index is 12.4. The summed E-state index contributed by atoms with van der Waals surface area (Å²) in [5, 5.41) is 0. The molecular formula is C39H71O2. The molecule has 0 rings (SSSR count). The lowest BCUT2D eigenvalue weighted by Gasteiger charge is -2.09. The first kappa shape index (κ1) is 39.8. The van der Waals surface area contributed by atoms with Gasteiger partial charge in [-0.1, -0.05) is 148 Å². The van der Waals surface area contributed by atoms with Crippen LogP contribution in [0.4, 0.5) is 0 Å². The van der Waals surface area contributed by atoms with Crippen LogP contribution in [0.2, 0.25) is 0 Å². The van der Waals surface area contributed by atoms with Gasteiger partial charge >= 0.3 is 0 Å². The first-order valence-corrected chi connectivity index (χ1v) is 18.3. The minimum absolute atomic E-state index is 0.160. The molecule has 0 heterocycles. The number of hydrogen-bond donors (Lipinski definition) is 0. The third-order valence-electron chi connectivity index (χ3n) is 8.31. The highest BCUT2D eigenvalue weighted by Crippen LogP contribution is 2.15. The number of hydrogen-bond acceptors (Lipinski definition) is 2. The zero-order chi connectivity index (χ0) is 30.1. The normalized spacial score (nSPS) is 12.6. The molecule has 0 fully saturated rings. The van der Waals surface area contributed by atoms with E-state index < -0.39 is 0 Å². The molecule has 0 aliphatic rings. The molecule has 41 heavy (non-hydrogen) atoms. The number of unbranched alkanes of at least 4 members (excludes halogenated alkanes) is 22. The van der Waals surface area contributed by atoms with Crippen LogP contribution >= 0.6 is 0 Å². The third kappa shape index (κ3) is 31.6. The van der Waals surface area contributed by atoms with Gasteiger partial charge in [-0.25, -0.2) is 0 Å². The van der Waals surface area contributed by atoms with E-state index in [9.17, 15) is 9.59 Å². The molecule has 2 heteroatoms. The lowest BCUT2D eigenvalue weighted by Crippen LogP contribution is -2.16. The van der Waals surface area contributed by atoms with Gasteiger partial charge in [-0.3, -0.25) is 9.59 Å². The highest BCUT2D eigenvalue weighted by atomic mass is 16.1. The molecule has 0 N–H and O–H groups in total. The van der Waals surface area contributed by atoms with Gasteiger partial charge in [0.2, 0.25) is 0 Å². The van der Waals surface area contributed by atoms with Crippen molar-refractivity contribution in [3.05, 3.63) is 30.7 Å². The van der Waals surface area contributed by atoms with Crippen LogP contribution in [-0.4, -0.2) is 11.6 Å². The topological polar surface area (TPSA) is 34.1 Å². The summed E-state index contributed by atoms with van der Waals surface area (Å²) in [4.78, 5) is 24.7. The highest BCUT2D eigenvalue weighted by Gasteiger charge is 2.16. The average molecular weight is 572 g/mol. The van der Waals surface area contributed by atoms with E-state index in [-0.39, 0.29) is 17.5 Å². The summed E-state index contributed by atoms with van der Waals surface area (Å²) in [6.45, 7) is 6.44. The molecule has 0 saturated heterocycles. The van der Waals surface area contributed by atoms with E-state index in [1.165, 1.54) is 141 Å². The summed E-state index contributed by atoms with van der Waals surface area (Å²) in [7, 11) is 0. The van der Waals surface area contributed by atoms with Crippen LogP contribution in [0.15, 0.2) is 24.3 Å². The van der Waals surface area contributed by atoms with E-state index >= 15 is 0 Å². The van der Waals surface area contributed by atoms with Crippen LogP contribution in [-0.2, 0) is 9.59 Å². The predicted molar refractivity (Wildman–Crippen MR) is 182 cm³/mol. The van der Waals surface area contributed by atoms with Crippen LogP contribution < -0.4 is 0 Å². The van der Waals surface area contributed by atoms with Crippen molar-refractivity contribution in [2.24, 2.45) is 5.92 Å². The Morgan fingerprint density at radius 3 is 1.15 bits per heavy atom. The van der Waals surface area contributed by atoms with Crippen LogP contribution in [0.5, 0.6) is 0 Å². The quantitative estimate of drug-likeness (QED) is 0.0580. The fourth-order valence-electron chi connectivity index (χ4n) is 5.42. The number of allylic oxidation sites excluding steroid dienone is 4. The fourth-order valence-corrected chi connectivity index (χ4v) is 5.42. The van der Waals surface area contributed by atoms with E-state index in [4.69, 9.17) is 0 Å². The molecule has 0 saturated carbocycles. The molecule has 2 nitrogen and oxygen atoms in total. The molecule has 0 spiro atoms. The molecule has 1 atom stereocenters. The summed E-state index contributed by atoms with van der Waals surface area (Å²) in [5.41, 5.74) is 0. The predicted octanol–water partition coefficient (Wildman–Crippen LogP) is 13.0. The maximum Gasteiger partial charge on any atom is 0.137 e. The summed E-state index contributed by atoms with van der Waals surface area (Å²) >= 11 is 0. The van der Waals surface area contributed by atoms with Gasteiger partial charge in [-0.2, -0.15) is 0 Å². The molecule has 0 bridgehead atoms. The van der Waals surface area contributed by atoms with Crippen molar-refractivity contribution in [2.75, 3.05) is 0 Å². The second kappa shape index (κ2) is 33.3. The van der Waals surface area contributed by atoms with Crippen molar-refractivity contribution in [1.82, 2.24) is 0 Å². The second-order valence-corrected chi connectivity index (χ2v) is 12.6. The summed E-state index contributed by atoms with van der Waals surface area (Å²) in [5.74, 6) is 0.177. The zero-order valence-corrected chi connectivity index (χ0v) is 28.1. The molecule has 1 unspecified atom stereocenters. The van der Waals surface area contributed by atoms with Gasteiger partial charge in [0.25, 0.3) is 0 Å². The van der Waals surface area contributed by atoms with Crippen molar-refractivity contribution >= 4 is 11.6 Å². The van der Waals surface area contributed by atoms with Crippen molar-refractivity contribution < 1.29 is 9.59 Å². The zero-order valence-electron chi connectivity index (χ0n) is 28.1. The second-order valence-electron chi connectivity index (χ2n) is 12.6. The molecule has 0 aliphatic carbocycles. The van der Waals surface area contributed by atoms with E-state index in [0.717, 1.165) is 25.7 Å². The smallest absolute Gasteiger partial charge is 0.137 e. The van der Waals surface area contributed by atoms with Crippen LogP contribution in [0.1, 0.15) is 201 Å². The van der Waals surface area contributed by atoms with Gasteiger partial charge in [-0.05, 0) is 64.2 Å². The molecule has 0 aromatic carbocycles. The van der Waals surface area contributed by atoms with E-state index in [0.29, 0.717) is 12.8 Å². The highest BCUT2D eigenvalue weighted by molar-refractivity contribution is 5.94. The molecule has 0 aromatic rings. The average Bonchev–Trinajstić information content (AvgIpc) is 2.96. The SMILES string of the molecule is CCCCCCCC/C=C\CCCCCCCC(=O)[CH]C(C)C(=O)CCCCCCC/C=C\CCCCCCCC. The lowest BCUT2D eigenvalue weighted by atomic mass is 9.94. The molecule has 0 aromatic heterocycles. The minimum atomic E-state index is -0.220. The fraction of sp³-hybridized carbons (Fsp3) is 0.821. The summed E-state index contributed by atoms with van der Waals surface area (Å²) in [6, 6.07) is 0. The molecule has 0 aliphatic heterocycles. The van der Waals surface area contributed by atoms with E-state index in [1.54, 1.807) is 6.42 Å². The Hall–Kier alpha value is -1.18. The largest absolute Gasteiger partial charge is 0.299 e. The monoisotopic (exact) mass is 572 g/mol. The summed E-state index contributed by atoms with van der Waals surface area (Å²) in [6.07, 6.45) is 45.3. The van der Waals surface area contributed by atoms with Crippen molar-refractivity contribution in [2.45, 2.75) is 201 Å². The van der Waals surface area contributed by atoms with Gasteiger partial charge < -0.3 is 0 Å². The Labute approximate surface area is 258 Å². The standard InChI is InChI=1S/C39H71O2/c1-4-6-8-10-12-14-16-18-20-22-24-26-28-30-32-34-38(40)36-37(3)39(41)35-33-31-29-27-25-23-21-19-17-15-13-11-9-7-5-2/h18-21,36-37H,4-17,22-35H2,1-3H3/b20-18-,21-19-. The third-order valence-corrected chi connectivity index (χ3v) is 8.31. The number of carbonyl (C=O) groups excluding carboxylic acids is 2. The van der Waals surface area contributed by atoms with Crippen LogP contribution in [0.25, 0.3) is 0 Å². The number of rotatable bonds is 33. The number of ketones is 2. The first-order valence-electron chi connectivity index (χ1n) is 18.3. The van der Waals surface area contributed by atoms with E-state index in [1.807, 2.05) is 6.92 Å². The lowest BCUT2D eigenvalue weighted by molar-refractivity contribution is -0.124. The molecular weight excluding hydrogens is 500 g/mol. The Morgan fingerprint density at radius 2 is 0.756 bits per heavy atom. The maximum absolute atomic E-state index is 12.4. The van der Waals surface area contributed by atoms with Crippen LogP contribution in [0.3, 0.4) is 0 Å².